The molecule has 5 unspecified atom stereocenters. The Morgan fingerprint density at radius 2 is 1.90 bits per heavy atom. The van der Waals surface area contributed by atoms with Crippen molar-refractivity contribution in [3.63, 3.8) is 0 Å². The first kappa shape index (κ1) is 23.6. The zero-order valence-corrected chi connectivity index (χ0v) is 20.4. The van der Waals surface area contributed by atoms with Gasteiger partial charge >= 0.3 is 0 Å². The van der Waals surface area contributed by atoms with Crippen molar-refractivity contribution in [1.29, 1.82) is 0 Å². The number of allylic oxidation sites excluding steroid dienone is 5. The van der Waals surface area contributed by atoms with E-state index >= 15 is 0 Å². The lowest BCUT2D eigenvalue weighted by molar-refractivity contribution is -0.0615. The SMILES string of the molecule is C=C.C=C1CC/C(=C/C=C2\CCCC34CC(CCCC(C)C)C3CCC24)CC1CC. The summed E-state index contributed by atoms with van der Waals surface area (Å²) in [4.78, 5) is 0. The molecule has 0 aliphatic heterocycles. The number of rotatable bonds is 6. The molecule has 0 saturated heterocycles. The van der Waals surface area contributed by atoms with E-state index in [1.165, 1.54) is 82.6 Å². The Bertz CT molecular complexity index is 647. The van der Waals surface area contributed by atoms with E-state index < -0.39 is 0 Å². The summed E-state index contributed by atoms with van der Waals surface area (Å²) >= 11 is 0. The van der Waals surface area contributed by atoms with Crippen molar-refractivity contribution in [3.05, 3.63) is 48.6 Å². The van der Waals surface area contributed by atoms with Crippen molar-refractivity contribution in [2.24, 2.45) is 35.0 Å². The quantitative estimate of drug-likeness (QED) is 0.384. The molecule has 0 aromatic rings. The van der Waals surface area contributed by atoms with Gasteiger partial charge in [0.2, 0.25) is 0 Å². The van der Waals surface area contributed by atoms with E-state index in [2.05, 4.69) is 52.7 Å². The van der Waals surface area contributed by atoms with Crippen LogP contribution in [0.15, 0.2) is 48.6 Å². The van der Waals surface area contributed by atoms with Crippen molar-refractivity contribution >= 4 is 0 Å². The molecule has 0 aromatic carbocycles. The Morgan fingerprint density at radius 1 is 1.10 bits per heavy atom. The number of hydrogen-bond acceptors (Lipinski definition) is 0. The van der Waals surface area contributed by atoms with Crippen LogP contribution in [0.3, 0.4) is 0 Å². The van der Waals surface area contributed by atoms with Gasteiger partial charge < -0.3 is 0 Å². The minimum absolute atomic E-state index is 0.734. The predicted octanol–water partition coefficient (Wildman–Crippen LogP) is 9.45. The van der Waals surface area contributed by atoms with E-state index in [0.29, 0.717) is 0 Å². The lowest BCUT2D eigenvalue weighted by Crippen LogP contribution is -2.49. The van der Waals surface area contributed by atoms with Crippen molar-refractivity contribution < 1.29 is 0 Å². The lowest BCUT2D eigenvalue weighted by Gasteiger charge is -2.57. The molecule has 1 spiro atoms. The molecular weight excluding hydrogens is 360 g/mol. The largest absolute Gasteiger partial charge is 0.106 e. The first-order chi connectivity index (χ1) is 14.5. The molecule has 0 N–H and O–H groups in total. The molecule has 4 fully saturated rings. The van der Waals surface area contributed by atoms with Gasteiger partial charge in [-0.05, 0) is 99.2 Å². The van der Waals surface area contributed by atoms with E-state index in [9.17, 15) is 0 Å². The fraction of sp³-hybridized carbons (Fsp3) is 0.733. The molecular formula is C30H48. The second kappa shape index (κ2) is 10.5. The summed E-state index contributed by atoms with van der Waals surface area (Å²) in [7, 11) is 0. The summed E-state index contributed by atoms with van der Waals surface area (Å²) < 4.78 is 0. The Balaban J connectivity index is 0.00000124. The van der Waals surface area contributed by atoms with Crippen LogP contribution in [0, 0.1) is 35.0 Å². The summed E-state index contributed by atoms with van der Waals surface area (Å²) in [5, 5.41) is 0. The van der Waals surface area contributed by atoms with Crippen molar-refractivity contribution in [2.45, 2.75) is 104 Å². The maximum atomic E-state index is 4.31. The van der Waals surface area contributed by atoms with Gasteiger partial charge in [0.05, 0.1) is 0 Å². The molecule has 4 aliphatic rings. The van der Waals surface area contributed by atoms with Crippen molar-refractivity contribution in [1.82, 2.24) is 0 Å². The molecule has 0 bridgehead atoms. The highest BCUT2D eigenvalue weighted by Crippen LogP contribution is 2.70. The van der Waals surface area contributed by atoms with Crippen molar-refractivity contribution in [3.8, 4) is 0 Å². The summed E-state index contributed by atoms with van der Waals surface area (Å²) in [6, 6.07) is 0. The van der Waals surface area contributed by atoms with Crippen LogP contribution in [0.25, 0.3) is 0 Å². The minimum atomic E-state index is 0.734. The fourth-order valence-electron chi connectivity index (χ4n) is 7.65. The van der Waals surface area contributed by atoms with Crippen LogP contribution < -0.4 is 0 Å². The van der Waals surface area contributed by atoms with Crippen LogP contribution in [0.4, 0.5) is 0 Å². The maximum Gasteiger partial charge on any atom is -0.0140 e. The third kappa shape index (κ3) is 4.73. The van der Waals surface area contributed by atoms with Crippen LogP contribution in [0.2, 0.25) is 0 Å². The zero-order chi connectivity index (χ0) is 21.7. The molecule has 0 nitrogen and oxygen atoms in total. The van der Waals surface area contributed by atoms with Gasteiger partial charge in [0.15, 0.2) is 0 Å². The monoisotopic (exact) mass is 408 g/mol. The highest BCUT2D eigenvalue weighted by molar-refractivity contribution is 5.29. The molecule has 4 saturated carbocycles. The molecule has 4 rings (SSSR count). The molecule has 0 amide bonds. The van der Waals surface area contributed by atoms with Gasteiger partial charge in [0, 0.05) is 0 Å². The van der Waals surface area contributed by atoms with E-state index in [1.54, 1.807) is 12.0 Å². The van der Waals surface area contributed by atoms with Crippen LogP contribution >= 0.6 is 0 Å². The van der Waals surface area contributed by atoms with E-state index in [0.717, 1.165) is 35.0 Å². The van der Waals surface area contributed by atoms with Gasteiger partial charge in [-0.1, -0.05) is 75.5 Å². The Kier molecular flexibility index (Phi) is 8.28. The molecule has 0 aromatic heterocycles. The standard InChI is InChI=1S/C28H44.C2H4/c1-5-23-18-22(12-11-21(23)4)13-14-24-10-7-17-28-19-25(9-6-8-20(2)3)27(28)16-15-26(24)28;1-2/h13-14,20,23,25-27H,4-12,15-19H2,1-3H3;1-2H2/b22-13-,24-14+;. The molecule has 0 heterocycles. The average molecular weight is 409 g/mol. The van der Waals surface area contributed by atoms with Crippen LogP contribution in [0.5, 0.6) is 0 Å². The highest BCUT2D eigenvalue weighted by atomic mass is 14.7. The normalized spacial score (nSPS) is 38.1. The number of hydrogen-bond donors (Lipinski definition) is 0. The second-order valence-corrected chi connectivity index (χ2v) is 11.1. The molecule has 30 heavy (non-hydrogen) atoms. The third-order valence-corrected chi connectivity index (χ3v) is 9.20. The molecule has 4 aliphatic carbocycles. The Morgan fingerprint density at radius 3 is 2.63 bits per heavy atom. The minimum Gasteiger partial charge on any atom is -0.106 e. The van der Waals surface area contributed by atoms with Gasteiger partial charge in [0.1, 0.15) is 0 Å². The van der Waals surface area contributed by atoms with E-state index in [1.807, 2.05) is 5.57 Å². The highest BCUT2D eigenvalue weighted by Gasteiger charge is 2.61. The zero-order valence-electron chi connectivity index (χ0n) is 20.4. The van der Waals surface area contributed by atoms with Gasteiger partial charge in [0.25, 0.3) is 0 Å². The summed E-state index contributed by atoms with van der Waals surface area (Å²) in [5.41, 5.74) is 5.76. The second-order valence-electron chi connectivity index (χ2n) is 11.1. The molecule has 0 radical (unpaired) electrons. The van der Waals surface area contributed by atoms with E-state index in [4.69, 9.17) is 0 Å². The van der Waals surface area contributed by atoms with Crippen molar-refractivity contribution in [2.75, 3.05) is 0 Å². The predicted molar refractivity (Wildman–Crippen MR) is 133 cm³/mol. The van der Waals surface area contributed by atoms with Crippen LogP contribution in [0.1, 0.15) is 104 Å². The van der Waals surface area contributed by atoms with Gasteiger partial charge in [-0.25, -0.2) is 0 Å². The first-order valence-corrected chi connectivity index (χ1v) is 13.1. The average Bonchev–Trinajstić information content (AvgIpc) is 3.04. The van der Waals surface area contributed by atoms with Gasteiger partial charge in [-0.2, -0.15) is 0 Å². The molecule has 0 heteroatoms. The van der Waals surface area contributed by atoms with E-state index in [-0.39, 0.29) is 0 Å². The lowest BCUT2D eigenvalue weighted by atomic mass is 9.47. The Labute approximate surface area is 188 Å². The topological polar surface area (TPSA) is 0 Å². The fourth-order valence-corrected chi connectivity index (χ4v) is 7.65. The van der Waals surface area contributed by atoms with Gasteiger partial charge in [-0.3, -0.25) is 0 Å². The summed E-state index contributed by atoms with van der Waals surface area (Å²) in [5.74, 6) is 4.70. The van der Waals surface area contributed by atoms with Crippen LogP contribution in [-0.2, 0) is 0 Å². The van der Waals surface area contributed by atoms with Gasteiger partial charge in [-0.15, -0.1) is 13.2 Å². The molecule has 5 atom stereocenters. The maximum absolute atomic E-state index is 4.31. The smallest absolute Gasteiger partial charge is 0.0140 e. The summed E-state index contributed by atoms with van der Waals surface area (Å²) in [6.45, 7) is 17.4. The molecule has 168 valence electrons. The third-order valence-electron chi connectivity index (χ3n) is 9.20. The first-order valence-electron chi connectivity index (χ1n) is 13.1. The summed E-state index contributed by atoms with van der Waals surface area (Å²) in [6.07, 6.45) is 23.6. The van der Waals surface area contributed by atoms with Crippen LogP contribution in [-0.4, -0.2) is 0 Å². The Hall–Kier alpha value is -1.04.